The van der Waals surface area contributed by atoms with Crippen LogP contribution in [0.2, 0.25) is 0 Å². The number of hydrogen-bond acceptors (Lipinski definition) is 5. The predicted octanol–water partition coefficient (Wildman–Crippen LogP) is 6.32. The molecule has 0 atom stereocenters. The smallest absolute Gasteiger partial charge is 0.341 e. The second-order valence-corrected chi connectivity index (χ2v) is 10.4. The van der Waals surface area contributed by atoms with Crippen LogP contribution in [0.15, 0.2) is 34.9 Å². The van der Waals surface area contributed by atoms with Crippen LogP contribution in [0.3, 0.4) is 0 Å². The maximum atomic E-state index is 12.8. The summed E-state index contributed by atoms with van der Waals surface area (Å²) in [5.74, 6) is 0.334. The summed E-state index contributed by atoms with van der Waals surface area (Å²) < 4.78 is 8.03. The van der Waals surface area contributed by atoms with Gasteiger partial charge in [0.15, 0.2) is 10.9 Å². The molecule has 0 saturated heterocycles. The van der Waals surface area contributed by atoms with Crippen LogP contribution in [-0.2, 0) is 24.1 Å². The van der Waals surface area contributed by atoms with Crippen molar-refractivity contribution in [1.29, 1.82) is 0 Å². The van der Waals surface area contributed by atoms with Crippen LogP contribution < -0.4 is 10.6 Å². The number of carbonyl (C=O) groups is 1. The molecule has 0 amide bonds. The minimum absolute atomic E-state index is 0.286. The van der Waals surface area contributed by atoms with Crippen molar-refractivity contribution in [2.45, 2.75) is 52.5 Å². The Morgan fingerprint density at radius 1 is 1.21 bits per heavy atom. The molecular formula is C24H27BrN4O2S2. The number of aromatic nitrogens is 2. The Balaban J connectivity index is 1.49. The zero-order valence-corrected chi connectivity index (χ0v) is 22.0. The molecule has 0 aliphatic heterocycles. The average molecular weight is 548 g/mol. The highest BCUT2D eigenvalue weighted by Gasteiger charge is 2.26. The van der Waals surface area contributed by atoms with E-state index in [0.29, 0.717) is 29.6 Å². The van der Waals surface area contributed by atoms with Gasteiger partial charge in [-0.2, -0.15) is 5.10 Å². The predicted molar refractivity (Wildman–Crippen MR) is 142 cm³/mol. The molecule has 2 aromatic heterocycles. The summed E-state index contributed by atoms with van der Waals surface area (Å²) in [5, 5.41) is 12.1. The zero-order valence-electron chi connectivity index (χ0n) is 18.7. The molecule has 2 heterocycles. The molecule has 0 radical (unpaired) electrons. The lowest BCUT2D eigenvalue weighted by Gasteiger charge is -2.11. The Morgan fingerprint density at radius 2 is 1.97 bits per heavy atom. The van der Waals surface area contributed by atoms with Gasteiger partial charge in [0, 0.05) is 11.1 Å². The molecule has 0 fully saturated rings. The SMILES string of the molecule is CCOC(=O)c1c(NC(=S)Nc2nn(Cc3ccc(C)cc3)cc2Br)sc2c1CCCCC2. The Morgan fingerprint density at radius 3 is 2.73 bits per heavy atom. The number of nitrogens with one attached hydrogen (secondary N) is 2. The first-order valence-electron chi connectivity index (χ1n) is 11.1. The summed E-state index contributed by atoms with van der Waals surface area (Å²) >= 11 is 10.7. The second kappa shape index (κ2) is 10.8. The van der Waals surface area contributed by atoms with Gasteiger partial charge in [-0.3, -0.25) is 4.68 Å². The molecule has 4 rings (SSSR count). The average Bonchev–Trinajstić information content (AvgIpc) is 3.19. The molecule has 0 saturated carbocycles. The molecule has 1 aliphatic rings. The molecule has 174 valence electrons. The van der Waals surface area contributed by atoms with Crippen molar-refractivity contribution in [3.05, 3.63) is 62.1 Å². The van der Waals surface area contributed by atoms with E-state index < -0.39 is 0 Å². The number of benzene rings is 1. The highest BCUT2D eigenvalue weighted by molar-refractivity contribution is 9.10. The van der Waals surface area contributed by atoms with Gasteiger partial charge in [0.05, 0.1) is 23.2 Å². The molecule has 0 spiro atoms. The van der Waals surface area contributed by atoms with Gasteiger partial charge in [-0.15, -0.1) is 11.3 Å². The first kappa shape index (κ1) is 23.9. The lowest BCUT2D eigenvalue weighted by molar-refractivity contribution is 0.0527. The Hall–Kier alpha value is -2.23. The standard InChI is InChI=1S/C24H27BrN4O2S2/c1-3-31-23(30)20-17-7-5-4-6-8-19(17)33-22(20)27-24(32)26-21-18(25)14-29(28-21)13-16-11-9-15(2)10-12-16/h9-12,14H,3-8,13H2,1-2H3,(H2,26,27,28,32). The Bertz CT molecular complexity index is 1150. The first-order valence-corrected chi connectivity index (χ1v) is 13.1. The highest BCUT2D eigenvalue weighted by Crippen LogP contribution is 2.38. The maximum absolute atomic E-state index is 12.8. The molecule has 2 N–H and O–H groups in total. The number of fused-ring (bicyclic) bond motifs is 1. The van der Waals surface area contributed by atoms with Crippen molar-refractivity contribution in [2.75, 3.05) is 17.2 Å². The fourth-order valence-corrected chi connectivity index (χ4v) is 5.90. The number of anilines is 2. The van der Waals surface area contributed by atoms with Crippen LogP contribution >= 0.6 is 39.5 Å². The van der Waals surface area contributed by atoms with Crippen LogP contribution in [-0.4, -0.2) is 27.5 Å². The fourth-order valence-electron chi connectivity index (χ4n) is 3.94. The van der Waals surface area contributed by atoms with E-state index in [9.17, 15) is 4.79 Å². The van der Waals surface area contributed by atoms with Gasteiger partial charge in [0.2, 0.25) is 0 Å². The van der Waals surface area contributed by atoms with Gasteiger partial charge in [0.1, 0.15) is 5.00 Å². The normalized spacial score (nSPS) is 13.2. The van der Waals surface area contributed by atoms with E-state index in [1.54, 1.807) is 11.3 Å². The Kier molecular flexibility index (Phi) is 7.82. The highest BCUT2D eigenvalue weighted by atomic mass is 79.9. The Labute approximate surface area is 211 Å². The number of thiocarbonyl (C=S) groups is 1. The van der Waals surface area contributed by atoms with Gasteiger partial charge >= 0.3 is 5.97 Å². The fraction of sp³-hybridized carbons (Fsp3) is 0.375. The van der Waals surface area contributed by atoms with Gasteiger partial charge < -0.3 is 15.4 Å². The quantitative estimate of drug-likeness (QED) is 0.214. The van der Waals surface area contributed by atoms with E-state index in [-0.39, 0.29) is 5.97 Å². The van der Waals surface area contributed by atoms with Gasteiger partial charge in [-0.1, -0.05) is 36.2 Å². The molecule has 9 heteroatoms. The van der Waals surface area contributed by atoms with E-state index in [1.807, 2.05) is 17.8 Å². The number of nitrogens with zero attached hydrogens (tertiary/aromatic N) is 2. The molecule has 6 nitrogen and oxygen atoms in total. The van der Waals surface area contributed by atoms with Gasteiger partial charge in [-0.25, -0.2) is 4.79 Å². The topological polar surface area (TPSA) is 68.2 Å². The number of carbonyl (C=O) groups excluding carboxylic acids is 1. The van der Waals surface area contributed by atoms with Crippen LogP contribution in [0.5, 0.6) is 0 Å². The summed E-state index contributed by atoms with van der Waals surface area (Å²) in [6.07, 6.45) is 7.22. The third-order valence-corrected chi connectivity index (χ3v) is 7.53. The van der Waals surface area contributed by atoms with Crippen LogP contribution in [0.4, 0.5) is 10.8 Å². The number of hydrogen-bond donors (Lipinski definition) is 2. The molecule has 1 aliphatic carbocycles. The van der Waals surface area contributed by atoms with Gasteiger partial charge in [-0.05, 0) is 78.8 Å². The number of thiophene rings is 1. The summed E-state index contributed by atoms with van der Waals surface area (Å²) in [4.78, 5) is 14.0. The number of halogens is 1. The van der Waals surface area contributed by atoms with Crippen LogP contribution in [0.1, 0.15) is 58.1 Å². The minimum atomic E-state index is -0.286. The van der Waals surface area contributed by atoms with Crippen molar-refractivity contribution >= 4 is 61.4 Å². The number of esters is 1. The van der Waals surface area contributed by atoms with E-state index in [1.165, 1.54) is 22.4 Å². The van der Waals surface area contributed by atoms with Crippen LogP contribution in [0, 0.1) is 6.92 Å². The summed E-state index contributed by atoms with van der Waals surface area (Å²) in [5.41, 5.74) is 4.14. The minimum Gasteiger partial charge on any atom is -0.462 e. The number of rotatable bonds is 6. The molecule has 1 aromatic carbocycles. The molecule has 33 heavy (non-hydrogen) atoms. The van der Waals surface area contributed by atoms with Crippen molar-refractivity contribution in [2.24, 2.45) is 0 Å². The van der Waals surface area contributed by atoms with E-state index in [4.69, 9.17) is 17.0 Å². The largest absolute Gasteiger partial charge is 0.462 e. The number of aryl methyl sites for hydroxylation is 2. The summed E-state index contributed by atoms with van der Waals surface area (Å²) in [7, 11) is 0. The van der Waals surface area contributed by atoms with Crippen molar-refractivity contribution in [3.63, 3.8) is 0 Å². The van der Waals surface area contributed by atoms with E-state index in [2.05, 4.69) is 62.9 Å². The monoisotopic (exact) mass is 546 g/mol. The third kappa shape index (κ3) is 5.83. The second-order valence-electron chi connectivity index (χ2n) is 8.08. The third-order valence-electron chi connectivity index (χ3n) is 5.54. The van der Waals surface area contributed by atoms with E-state index in [0.717, 1.165) is 40.7 Å². The van der Waals surface area contributed by atoms with Crippen molar-refractivity contribution < 1.29 is 9.53 Å². The maximum Gasteiger partial charge on any atom is 0.341 e. The van der Waals surface area contributed by atoms with Crippen molar-refractivity contribution in [3.8, 4) is 0 Å². The number of ether oxygens (including phenoxy) is 1. The molecule has 0 unspecified atom stereocenters. The van der Waals surface area contributed by atoms with Gasteiger partial charge in [0.25, 0.3) is 0 Å². The van der Waals surface area contributed by atoms with Crippen LogP contribution in [0.25, 0.3) is 0 Å². The summed E-state index contributed by atoms with van der Waals surface area (Å²) in [6, 6.07) is 8.38. The van der Waals surface area contributed by atoms with Crippen molar-refractivity contribution in [1.82, 2.24) is 9.78 Å². The lowest BCUT2D eigenvalue weighted by atomic mass is 10.1. The molecule has 3 aromatic rings. The zero-order chi connectivity index (χ0) is 23.4. The lowest BCUT2D eigenvalue weighted by Crippen LogP contribution is -2.21. The molecular weight excluding hydrogens is 520 g/mol. The molecule has 0 bridgehead atoms. The first-order chi connectivity index (χ1) is 15.9. The van der Waals surface area contributed by atoms with E-state index >= 15 is 0 Å². The summed E-state index contributed by atoms with van der Waals surface area (Å²) in [6.45, 7) is 4.90.